The van der Waals surface area contributed by atoms with Crippen molar-refractivity contribution in [3.63, 3.8) is 0 Å². The van der Waals surface area contributed by atoms with E-state index in [1.165, 1.54) is 16.2 Å². The first-order valence-electron chi connectivity index (χ1n) is 12.3. The SMILES string of the molecule is N=C(OC(N)C1=CC(c2cc3ccccc3c3ccccc23)NC(c2ccccc2)=N1)c1ccccc1. The Morgan fingerprint density at radius 2 is 1.41 bits per heavy atom. The Morgan fingerprint density at radius 3 is 2.16 bits per heavy atom. The lowest BCUT2D eigenvalue weighted by molar-refractivity contribution is 0.227. The maximum atomic E-state index is 8.41. The van der Waals surface area contributed by atoms with Crippen LogP contribution >= 0.6 is 0 Å². The highest BCUT2D eigenvalue weighted by Crippen LogP contribution is 2.34. The minimum absolute atomic E-state index is 0.0108. The van der Waals surface area contributed by atoms with Crippen LogP contribution in [0.1, 0.15) is 22.7 Å². The van der Waals surface area contributed by atoms with Crippen molar-refractivity contribution < 1.29 is 4.74 Å². The summed E-state index contributed by atoms with van der Waals surface area (Å²) in [5.74, 6) is 0.724. The second-order valence-corrected chi connectivity index (χ2v) is 9.01. The number of hydrogen-bond acceptors (Lipinski definition) is 5. The van der Waals surface area contributed by atoms with E-state index < -0.39 is 6.23 Å². The minimum Gasteiger partial charge on any atom is -0.453 e. The first kappa shape index (κ1) is 22.7. The molecule has 0 saturated heterocycles. The highest BCUT2D eigenvalue weighted by Gasteiger charge is 2.25. The first-order chi connectivity index (χ1) is 18.2. The van der Waals surface area contributed by atoms with Crippen molar-refractivity contribution in [1.29, 1.82) is 5.41 Å². The zero-order valence-corrected chi connectivity index (χ0v) is 20.1. The molecule has 2 unspecified atom stereocenters. The summed E-state index contributed by atoms with van der Waals surface area (Å²) in [4.78, 5) is 4.84. The third-order valence-corrected chi connectivity index (χ3v) is 6.63. The lowest BCUT2D eigenvalue weighted by Crippen LogP contribution is -2.36. The van der Waals surface area contributed by atoms with E-state index in [0.29, 0.717) is 17.1 Å². The molecule has 180 valence electrons. The first-order valence-corrected chi connectivity index (χ1v) is 12.3. The molecule has 0 bridgehead atoms. The molecule has 1 aliphatic rings. The van der Waals surface area contributed by atoms with Crippen LogP contribution in [0.25, 0.3) is 21.5 Å². The van der Waals surface area contributed by atoms with Gasteiger partial charge in [0.05, 0.1) is 11.7 Å². The molecule has 0 radical (unpaired) electrons. The van der Waals surface area contributed by atoms with Crippen molar-refractivity contribution in [2.45, 2.75) is 12.3 Å². The van der Waals surface area contributed by atoms with Crippen LogP contribution in [0.15, 0.2) is 132 Å². The molecule has 6 rings (SSSR count). The Kier molecular flexibility index (Phi) is 5.97. The number of benzene rings is 5. The van der Waals surface area contributed by atoms with Gasteiger partial charge in [-0.1, -0.05) is 97.1 Å². The fraction of sp³-hybridized carbons (Fsp3) is 0.0625. The normalized spacial score (nSPS) is 16.0. The summed E-state index contributed by atoms with van der Waals surface area (Å²) in [5, 5.41) is 16.8. The Balaban J connectivity index is 1.44. The molecule has 1 aliphatic heterocycles. The number of nitrogens with zero attached hydrogens (tertiary/aromatic N) is 1. The molecule has 1 heterocycles. The second kappa shape index (κ2) is 9.72. The van der Waals surface area contributed by atoms with E-state index in [9.17, 15) is 0 Å². The number of rotatable bonds is 5. The van der Waals surface area contributed by atoms with Gasteiger partial charge in [-0.2, -0.15) is 0 Å². The molecule has 0 spiro atoms. The van der Waals surface area contributed by atoms with Crippen LogP contribution in [0.2, 0.25) is 0 Å². The average Bonchev–Trinajstić information content (AvgIpc) is 2.97. The molecule has 0 amide bonds. The molecule has 0 aliphatic carbocycles. The van der Waals surface area contributed by atoms with Crippen LogP contribution in [-0.4, -0.2) is 18.0 Å². The summed E-state index contributed by atoms with van der Waals surface area (Å²) in [5.41, 5.74) is 9.82. The topological polar surface area (TPSA) is 83.5 Å². The molecule has 0 aromatic heterocycles. The maximum absolute atomic E-state index is 8.41. The van der Waals surface area contributed by atoms with Crippen molar-refractivity contribution in [3.05, 3.63) is 144 Å². The maximum Gasteiger partial charge on any atom is 0.215 e. The van der Waals surface area contributed by atoms with Crippen molar-refractivity contribution >= 4 is 33.3 Å². The van der Waals surface area contributed by atoms with Gasteiger partial charge in [-0.05, 0) is 51.4 Å². The van der Waals surface area contributed by atoms with Gasteiger partial charge in [0, 0.05) is 11.1 Å². The van der Waals surface area contributed by atoms with Gasteiger partial charge in [-0.15, -0.1) is 0 Å². The Bertz CT molecular complexity index is 1660. The van der Waals surface area contributed by atoms with Crippen LogP contribution in [-0.2, 0) is 4.74 Å². The van der Waals surface area contributed by atoms with E-state index in [4.69, 9.17) is 20.9 Å². The predicted octanol–water partition coefficient (Wildman–Crippen LogP) is 6.29. The summed E-state index contributed by atoms with van der Waals surface area (Å²) in [6.07, 6.45) is 1.11. The van der Waals surface area contributed by atoms with Gasteiger partial charge in [0.25, 0.3) is 0 Å². The molecular weight excluding hydrogens is 456 g/mol. The van der Waals surface area contributed by atoms with Gasteiger partial charge in [-0.25, -0.2) is 4.99 Å². The molecular formula is C32H26N4O. The quantitative estimate of drug-likeness (QED) is 0.119. The van der Waals surface area contributed by atoms with Crippen molar-refractivity contribution in [1.82, 2.24) is 5.32 Å². The van der Waals surface area contributed by atoms with Crippen molar-refractivity contribution in [2.24, 2.45) is 10.7 Å². The van der Waals surface area contributed by atoms with Crippen molar-refractivity contribution in [2.75, 3.05) is 0 Å². The highest BCUT2D eigenvalue weighted by atomic mass is 16.5. The van der Waals surface area contributed by atoms with Gasteiger partial charge in [0.15, 0.2) is 6.23 Å². The zero-order valence-electron chi connectivity index (χ0n) is 20.1. The lowest BCUT2D eigenvalue weighted by Gasteiger charge is -2.27. The van der Waals surface area contributed by atoms with Crippen molar-refractivity contribution in [3.8, 4) is 0 Å². The Hall–Kier alpha value is -4.74. The molecule has 2 atom stereocenters. The standard InChI is InChI=1S/C32H26N4O/c33-30(21-11-3-1-4-12-21)37-31(34)29-20-28(35-32(36-29)22-13-5-2-6-14-22)27-19-23-15-7-8-16-24(23)25-17-9-10-18-26(25)27/h1-20,28,31,33H,34H2,(H,35,36). The number of ether oxygens (including phenoxy) is 1. The van der Waals surface area contributed by atoms with Gasteiger partial charge >= 0.3 is 0 Å². The van der Waals surface area contributed by atoms with Crippen LogP contribution in [0.4, 0.5) is 0 Å². The molecule has 0 saturated carbocycles. The van der Waals surface area contributed by atoms with Crippen LogP contribution < -0.4 is 11.1 Å². The fourth-order valence-electron chi connectivity index (χ4n) is 4.81. The summed E-state index contributed by atoms with van der Waals surface area (Å²) < 4.78 is 5.86. The largest absolute Gasteiger partial charge is 0.453 e. The van der Waals surface area contributed by atoms with Gasteiger partial charge in [-0.3, -0.25) is 11.1 Å². The molecule has 5 aromatic carbocycles. The van der Waals surface area contributed by atoms with E-state index >= 15 is 0 Å². The van der Waals surface area contributed by atoms with Crippen LogP contribution in [0, 0.1) is 5.41 Å². The van der Waals surface area contributed by atoms with E-state index in [-0.39, 0.29) is 11.9 Å². The molecule has 0 fully saturated rings. The lowest BCUT2D eigenvalue weighted by atomic mass is 9.92. The van der Waals surface area contributed by atoms with E-state index in [2.05, 4.69) is 59.9 Å². The third-order valence-electron chi connectivity index (χ3n) is 6.63. The number of nitrogens with two attached hydrogens (primary N) is 1. The van der Waals surface area contributed by atoms with Crippen LogP contribution in [0.3, 0.4) is 0 Å². The van der Waals surface area contributed by atoms with Crippen LogP contribution in [0.5, 0.6) is 0 Å². The van der Waals surface area contributed by atoms with Gasteiger partial charge in [0.1, 0.15) is 5.84 Å². The zero-order chi connectivity index (χ0) is 25.2. The highest BCUT2D eigenvalue weighted by molar-refractivity contribution is 6.09. The fourth-order valence-corrected chi connectivity index (χ4v) is 4.81. The number of aliphatic imine (C=N–C) groups is 1. The molecule has 5 aromatic rings. The second-order valence-electron chi connectivity index (χ2n) is 9.01. The number of fused-ring (bicyclic) bond motifs is 3. The van der Waals surface area contributed by atoms with Gasteiger partial charge < -0.3 is 10.1 Å². The Morgan fingerprint density at radius 1 is 0.784 bits per heavy atom. The Labute approximate surface area is 215 Å². The molecule has 37 heavy (non-hydrogen) atoms. The monoisotopic (exact) mass is 482 g/mol. The molecule has 5 heteroatoms. The van der Waals surface area contributed by atoms with Gasteiger partial charge in [0.2, 0.25) is 5.90 Å². The molecule has 4 N–H and O–H groups in total. The summed E-state index contributed by atoms with van der Waals surface area (Å²) in [6, 6.07) is 38.2. The number of nitrogens with one attached hydrogen (secondary N) is 2. The van der Waals surface area contributed by atoms with E-state index in [1.54, 1.807) is 0 Å². The average molecular weight is 483 g/mol. The summed E-state index contributed by atoms with van der Waals surface area (Å²) in [6.45, 7) is 0. The number of amidine groups is 1. The third kappa shape index (κ3) is 4.48. The predicted molar refractivity (Wildman–Crippen MR) is 151 cm³/mol. The summed E-state index contributed by atoms with van der Waals surface area (Å²) >= 11 is 0. The number of hydrogen-bond donors (Lipinski definition) is 3. The van der Waals surface area contributed by atoms with E-state index in [1.807, 2.05) is 66.7 Å². The van der Waals surface area contributed by atoms with E-state index in [0.717, 1.165) is 16.5 Å². The minimum atomic E-state index is -0.900. The summed E-state index contributed by atoms with van der Waals surface area (Å²) in [7, 11) is 0. The smallest absolute Gasteiger partial charge is 0.215 e. The molecule has 5 nitrogen and oxygen atoms in total.